The molecule has 0 radical (unpaired) electrons. The lowest BCUT2D eigenvalue weighted by Gasteiger charge is -2.22. The quantitative estimate of drug-likeness (QED) is 0.313. The Morgan fingerprint density at radius 3 is 2.23 bits per heavy atom. The first-order valence-electron chi connectivity index (χ1n) is 10.4. The molecule has 160 valence electrons. The molecule has 0 saturated heterocycles. The van der Waals surface area contributed by atoms with Crippen molar-refractivity contribution in [2.75, 3.05) is 7.11 Å². The van der Waals surface area contributed by atoms with Crippen LogP contribution in [0.5, 0.6) is 5.75 Å². The van der Waals surface area contributed by atoms with Crippen molar-refractivity contribution in [1.82, 2.24) is 5.32 Å². The van der Waals surface area contributed by atoms with E-state index in [0.29, 0.717) is 16.5 Å². The number of nitrogens with one attached hydrogen (secondary N) is 1. The third kappa shape index (κ3) is 6.22. The van der Waals surface area contributed by atoms with Crippen LogP contribution < -0.4 is 10.1 Å². The Balaban J connectivity index is 1.96. The zero-order chi connectivity index (χ0) is 22.2. The van der Waals surface area contributed by atoms with Gasteiger partial charge < -0.3 is 10.1 Å². The Bertz CT molecular complexity index is 1030. The van der Waals surface area contributed by atoms with Gasteiger partial charge in [-0.3, -0.25) is 4.79 Å². The largest absolute Gasteiger partial charge is 0.497 e. The van der Waals surface area contributed by atoms with E-state index in [1.54, 1.807) is 7.11 Å². The first kappa shape index (κ1) is 22.6. The van der Waals surface area contributed by atoms with Crippen LogP contribution >= 0.6 is 11.6 Å². The molecule has 0 fully saturated rings. The molecule has 0 heterocycles. The molecule has 0 aromatic heterocycles. The van der Waals surface area contributed by atoms with Crippen LogP contribution in [0.4, 0.5) is 0 Å². The van der Waals surface area contributed by atoms with Crippen molar-refractivity contribution in [3.8, 4) is 5.75 Å². The van der Waals surface area contributed by atoms with Crippen molar-refractivity contribution < 1.29 is 9.53 Å². The number of carbonyl (C=O) groups is 1. The molecule has 31 heavy (non-hydrogen) atoms. The predicted octanol–water partition coefficient (Wildman–Crippen LogP) is 6.79. The molecule has 1 unspecified atom stereocenters. The summed E-state index contributed by atoms with van der Waals surface area (Å²) in [7, 11) is 1.65. The lowest BCUT2D eigenvalue weighted by atomic mass is 9.95. The number of ether oxygens (including phenoxy) is 1. The number of hydrogen-bond donors (Lipinski definition) is 1. The Kier molecular flexibility index (Phi) is 7.91. The maximum atomic E-state index is 13.5. The van der Waals surface area contributed by atoms with E-state index in [9.17, 15) is 4.79 Å². The summed E-state index contributed by atoms with van der Waals surface area (Å²) in [6.07, 6.45) is 2.68. The van der Waals surface area contributed by atoms with Gasteiger partial charge in [-0.15, -0.1) is 0 Å². The second-order valence-corrected chi connectivity index (χ2v) is 8.28. The number of hydrogen-bond acceptors (Lipinski definition) is 2. The smallest absolute Gasteiger partial charge is 0.252 e. The third-order valence-electron chi connectivity index (χ3n) is 5.07. The Labute approximate surface area is 189 Å². The molecule has 0 aliphatic rings. The van der Waals surface area contributed by atoms with Gasteiger partial charge in [0, 0.05) is 10.6 Å². The molecule has 3 aromatic carbocycles. The fourth-order valence-electron chi connectivity index (χ4n) is 3.47. The highest BCUT2D eigenvalue weighted by Gasteiger charge is 2.20. The number of carbonyl (C=O) groups excluding carboxylic acids is 1. The second-order valence-electron chi connectivity index (χ2n) is 7.87. The number of halogens is 1. The highest BCUT2D eigenvalue weighted by atomic mass is 35.5. The molecule has 0 bridgehead atoms. The van der Waals surface area contributed by atoms with Gasteiger partial charge in [0.05, 0.1) is 13.2 Å². The van der Waals surface area contributed by atoms with Crippen molar-refractivity contribution in [2.45, 2.75) is 26.3 Å². The SMILES string of the molecule is COc1ccc(C(CC(C)C)NC(=O)/C(=C/c2ccccc2Cl)c2ccccc2)cc1. The average molecular weight is 434 g/mol. The highest BCUT2D eigenvalue weighted by molar-refractivity contribution is 6.33. The molecule has 0 saturated carbocycles. The molecule has 1 amide bonds. The number of amides is 1. The van der Waals surface area contributed by atoms with Gasteiger partial charge in [-0.2, -0.15) is 0 Å². The molecule has 1 N–H and O–H groups in total. The number of methoxy groups -OCH3 is 1. The van der Waals surface area contributed by atoms with Crippen LogP contribution in [0.25, 0.3) is 11.6 Å². The Hall–Kier alpha value is -3.04. The van der Waals surface area contributed by atoms with Crippen LogP contribution in [0.15, 0.2) is 78.9 Å². The summed E-state index contributed by atoms with van der Waals surface area (Å²) in [5.41, 5.74) is 3.28. The summed E-state index contributed by atoms with van der Waals surface area (Å²) in [6.45, 7) is 4.31. The molecule has 4 heteroatoms. The monoisotopic (exact) mass is 433 g/mol. The molecular weight excluding hydrogens is 406 g/mol. The molecule has 3 aromatic rings. The second kappa shape index (κ2) is 10.8. The first-order chi connectivity index (χ1) is 15.0. The standard InChI is InChI=1S/C27H28ClNO2/c1-19(2)17-26(21-13-15-23(31-3)16-14-21)29-27(30)24(20-9-5-4-6-10-20)18-22-11-7-8-12-25(22)28/h4-16,18-19,26H,17H2,1-3H3,(H,29,30)/b24-18+. The van der Waals surface area contributed by atoms with Gasteiger partial charge in [-0.05, 0) is 53.3 Å². The molecule has 0 aliphatic heterocycles. The lowest BCUT2D eigenvalue weighted by molar-refractivity contribution is -0.116. The first-order valence-corrected chi connectivity index (χ1v) is 10.8. The maximum absolute atomic E-state index is 13.5. The van der Waals surface area contributed by atoms with Crippen LogP contribution in [0, 0.1) is 5.92 Å². The van der Waals surface area contributed by atoms with Crippen LogP contribution in [0.1, 0.15) is 43.0 Å². The van der Waals surface area contributed by atoms with E-state index in [0.717, 1.165) is 28.9 Å². The predicted molar refractivity (Wildman–Crippen MR) is 129 cm³/mol. The molecule has 0 aliphatic carbocycles. The van der Waals surface area contributed by atoms with Gasteiger partial charge in [0.2, 0.25) is 0 Å². The normalized spacial score (nSPS) is 12.5. The third-order valence-corrected chi connectivity index (χ3v) is 5.41. The van der Waals surface area contributed by atoms with Gasteiger partial charge in [-0.25, -0.2) is 0 Å². The minimum Gasteiger partial charge on any atom is -0.497 e. The van der Waals surface area contributed by atoms with E-state index in [2.05, 4.69) is 19.2 Å². The topological polar surface area (TPSA) is 38.3 Å². The highest BCUT2D eigenvalue weighted by Crippen LogP contribution is 2.27. The molecule has 3 rings (SSSR count). The summed E-state index contributed by atoms with van der Waals surface area (Å²) in [4.78, 5) is 13.5. The summed E-state index contributed by atoms with van der Waals surface area (Å²) < 4.78 is 5.28. The average Bonchev–Trinajstić information content (AvgIpc) is 2.78. The summed E-state index contributed by atoms with van der Waals surface area (Å²) in [5.74, 6) is 1.08. The minimum atomic E-state index is -0.132. The summed E-state index contributed by atoms with van der Waals surface area (Å²) >= 11 is 6.37. The van der Waals surface area contributed by atoms with Crippen molar-refractivity contribution in [1.29, 1.82) is 0 Å². The van der Waals surface area contributed by atoms with Gasteiger partial charge >= 0.3 is 0 Å². The van der Waals surface area contributed by atoms with Crippen LogP contribution in [0.3, 0.4) is 0 Å². The van der Waals surface area contributed by atoms with Gasteiger partial charge in [0.1, 0.15) is 5.75 Å². The van der Waals surface area contributed by atoms with E-state index in [-0.39, 0.29) is 11.9 Å². The van der Waals surface area contributed by atoms with E-state index in [1.165, 1.54) is 0 Å². The van der Waals surface area contributed by atoms with E-state index in [1.807, 2.05) is 84.9 Å². The van der Waals surface area contributed by atoms with Crippen molar-refractivity contribution in [2.24, 2.45) is 5.92 Å². The lowest BCUT2D eigenvalue weighted by Crippen LogP contribution is -2.30. The molecule has 0 spiro atoms. The summed E-state index contributed by atoms with van der Waals surface area (Å²) in [5, 5.41) is 3.86. The van der Waals surface area contributed by atoms with Gasteiger partial charge in [0.25, 0.3) is 5.91 Å². The fourth-order valence-corrected chi connectivity index (χ4v) is 3.66. The van der Waals surface area contributed by atoms with E-state index < -0.39 is 0 Å². The maximum Gasteiger partial charge on any atom is 0.252 e. The van der Waals surface area contributed by atoms with Crippen molar-refractivity contribution in [3.05, 3.63) is 101 Å². The Morgan fingerprint density at radius 2 is 1.61 bits per heavy atom. The van der Waals surface area contributed by atoms with Gasteiger partial charge in [0.15, 0.2) is 0 Å². The molecular formula is C27H28ClNO2. The van der Waals surface area contributed by atoms with Crippen LogP contribution in [-0.4, -0.2) is 13.0 Å². The van der Waals surface area contributed by atoms with Gasteiger partial charge in [-0.1, -0.05) is 86.1 Å². The fraction of sp³-hybridized carbons (Fsp3) is 0.222. The number of rotatable bonds is 8. The molecule has 3 nitrogen and oxygen atoms in total. The summed E-state index contributed by atoms with van der Waals surface area (Å²) in [6, 6.07) is 24.9. The molecule has 1 atom stereocenters. The zero-order valence-corrected chi connectivity index (χ0v) is 18.9. The van der Waals surface area contributed by atoms with E-state index >= 15 is 0 Å². The van der Waals surface area contributed by atoms with Crippen LogP contribution in [0.2, 0.25) is 5.02 Å². The number of benzene rings is 3. The van der Waals surface area contributed by atoms with Crippen molar-refractivity contribution in [3.63, 3.8) is 0 Å². The zero-order valence-electron chi connectivity index (χ0n) is 18.1. The van der Waals surface area contributed by atoms with Crippen molar-refractivity contribution >= 4 is 29.2 Å². The Morgan fingerprint density at radius 1 is 0.968 bits per heavy atom. The minimum absolute atomic E-state index is 0.114. The van der Waals surface area contributed by atoms with E-state index in [4.69, 9.17) is 16.3 Å². The van der Waals surface area contributed by atoms with Crippen LogP contribution in [-0.2, 0) is 4.79 Å².